The summed E-state index contributed by atoms with van der Waals surface area (Å²) in [6.45, 7) is 17.9. The van der Waals surface area contributed by atoms with Gasteiger partial charge in [0, 0.05) is 7.11 Å². The third-order valence-electron chi connectivity index (χ3n) is 0.408. The first-order chi connectivity index (χ1) is 7.01. The minimum absolute atomic E-state index is 0.324. The van der Waals surface area contributed by atoms with Gasteiger partial charge in [0.2, 0.25) is 0 Å². The van der Waals surface area contributed by atoms with Crippen molar-refractivity contribution in [3.63, 3.8) is 0 Å². The second-order valence-electron chi connectivity index (χ2n) is 2.53. The second kappa shape index (κ2) is 38.0. The predicted molar refractivity (Wildman–Crippen MR) is 71.2 cm³/mol. The van der Waals surface area contributed by atoms with E-state index in [1.165, 1.54) is 0 Å². The highest BCUT2D eigenvalue weighted by Crippen LogP contribution is 1.75. The molecular formula is C13H28O2. The number of allylic oxidation sites excluding steroid dienone is 3. The molecule has 92 valence electrons. The van der Waals surface area contributed by atoms with Crippen molar-refractivity contribution >= 4 is 0 Å². The van der Waals surface area contributed by atoms with Crippen molar-refractivity contribution in [3.05, 3.63) is 38.0 Å². The van der Waals surface area contributed by atoms with Gasteiger partial charge in [-0.1, -0.05) is 18.2 Å². The van der Waals surface area contributed by atoms with E-state index in [1.807, 2.05) is 20.8 Å². The van der Waals surface area contributed by atoms with Crippen LogP contribution in [0.25, 0.3) is 0 Å². The maximum Gasteiger partial charge on any atom is 0.0745 e. The van der Waals surface area contributed by atoms with Crippen LogP contribution in [0.15, 0.2) is 38.0 Å². The van der Waals surface area contributed by atoms with Crippen molar-refractivity contribution in [1.29, 1.82) is 0 Å². The van der Waals surface area contributed by atoms with Gasteiger partial charge < -0.3 is 9.84 Å². The molecule has 15 heavy (non-hydrogen) atoms. The molecule has 0 aromatic rings. The summed E-state index contributed by atoms with van der Waals surface area (Å²) in [6.07, 6.45) is 4.93. The molecule has 0 heterocycles. The molecule has 1 N–H and O–H groups in total. The monoisotopic (exact) mass is 216 g/mol. The van der Waals surface area contributed by atoms with E-state index < -0.39 is 0 Å². The third-order valence-corrected chi connectivity index (χ3v) is 0.408. The molecule has 0 bridgehead atoms. The maximum absolute atomic E-state index is 8.43. The van der Waals surface area contributed by atoms with Gasteiger partial charge in [0.15, 0.2) is 0 Å². The Bertz CT molecular complexity index is 92.8. The number of hydrogen-bond donors (Lipinski definition) is 1. The Morgan fingerprint density at radius 1 is 1.07 bits per heavy atom. The van der Waals surface area contributed by atoms with Gasteiger partial charge in [0.1, 0.15) is 0 Å². The molecule has 1 unspecified atom stereocenters. The predicted octanol–water partition coefficient (Wildman–Crippen LogP) is 3.59. The van der Waals surface area contributed by atoms with E-state index in [2.05, 4.69) is 24.5 Å². The van der Waals surface area contributed by atoms with E-state index in [9.17, 15) is 0 Å². The quantitative estimate of drug-likeness (QED) is 0.715. The molecule has 0 aromatic carbocycles. The van der Waals surface area contributed by atoms with Crippen molar-refractivity contribution in [3.8, 4) is 0 Å². The average Bonchev–Trinajstić information content (AvgIpc) is 2.07. The van der Waals surface area contributed by atoms with Crippen LogP contribution in [0.3, 0.4) is 0 Å². The summed E-state index contributed by atoms with van der Waals surface area (Å²) in [5, 5.41) is 8.43. The van der Waals surface area contributed by atoms with Gasteiger partial charge in [-0.05, 0) is 27.7 Å². The number of aliphatic hydroxyl groups excluding tert-OH is 1. The topological polar surface area (TPSA) is 29.5 Å². The minimum atomic E-state index is -0.324. The van der Waals surface area contributed by atoms with Crippen LogP contribution in [0.1, 0.15) is 27.7 Å². The van der Waals surface area contributed by atoms with Gasteiger partial charge in [0.05, 0.1) is 12.7 Å². The SMILES string of the molecule is C=CC.C=CC.C=CC.COCC(C)O. The van der Waals surface area contributed by atoms with Crippen molar-refractivity contribution in [2.24, 2.45) is 0 Å². The lowest BCUT2D eigenvalue weighted by Gasteiger charge is -1.97. The smallest absolute Gasteiger partial charge is 0.0745 e. The zero-order chi connectivity index (χ0) is 13.1. The molecule has 0 radical (unpaired) electrons. The molecule has 2 nitrogen and oxygen atoms in total. The van der Waals surface area contributed by atoms with Crippen LogP contribution in [0.2, 0.25) is 0 Å². The first-order valence-corrected chi connectivity index (χ1v) is 4.90. The van der Waals surface area contributed by atoms with Crippen LogP contribution in [-0.2, 0) is 4.74 Å². The highest BCUT2D eigenvalue weighted by Gasteiger charge is 1.87. The van der Waals surface area contributed by atoms with Crippen LogP contribution >= 0.6 is 0 Å². The molecule has 0 amide bonds. The standard InChI is InChI=1S/C4H10O2.3C3H6/c1-4(5)3-6-2;3*1-3-2/h4-5H,3H2,1-2H3;3*3H,1H2,2H3. The van der Waals surface area contributed by atoms with E-state index in [1.54, 1.807) is 32.3 Å². The molecule has 0 spiro atoms. The summed E-state index contributed by atoms with van der Waals surface area (Å²) in [6, 6.07) is 0. The molecule has 0 saturated carbocycles. The van der Waals surface area contributed by atoms with E-state index >= 15 is 0 Å². The summed E-state index contributed by atoms with van der Waals surface area (Å²) in [5.74, 6) is 0. The maximum atomic E-state index is 8.43. The Kier molecular flexibility index (Phi) is 60.1. The fourth-order valence-electron chi connectivity index (χ4n) is 0.241. The van der Waals surface area contributed by atoms with E-state index in [0.29, 0.717) is 6.61 Å². The fraction of sp³-hybridized carbons (Fsp3) is 0.538. The lowest BCUT2D eigenvalue weighted by Crippen LogP contribution is -2.07. The van der Waals surface area contributed by atoms with Gasteiger partial charge in [-0.15, -0.1) is 19.7 Å². The molecule has 0 aliphatic carbocycles. The summed E-state index contributed by atoms with van der Waals surface area (Å²) < 4.78 is 4.55. The van der Waals surface area contributed by atoms with E-state index in [0.717, 1.165) is 0 Å². The highest BCUT2D eigenvalue weighted by molar-refractivity contribution is 4.52. The molecule has 1 atom stereocenters. The summed E-state index contributed by atoms with van der Waals surface area (Å²) >= 11 is 0. The Morgan fingerprint density at radius 3 is 1.27 bits per heavy atom. The van der Waals surface area contributed by atoms with Crippen molar-refractivity contribution in [1.82, 2.24) is 0 Å². The van der Waals surface area contributed by atoms with Gasteiger partial charge in [0.25, 0.3) is 0 Å². The van der Waals surface area contributed by atoms with Crippen LogP contribution in [0.4, 0.5) is 0 Å². The van der Waals surface area contributed by atoms with Gasteiger partial charge in [-0.2, -0.15) is 0 Å². The molecule has 0 aliphatic rings. The van der Waals surface area contributed by atoms with Crippen molar-refractivity contribution in [2.75, 3.05) is 13.7 Å². The lowest BCUT2D eigenvalue weighted by molar-refractivity contribution is 0.0765. The summed E-state index contributed by atoms with van der Waals surface area (Å²) in [5.41, 5.74) is 0. The Hall–Kier alpha value is -0.860. The van der Waals surface area contributed by atoms with Crippen molar-refractivity contribution in [2.45, 2.75) is 33.8 Å². The highest BCUT2D eigenvalue weighted by atomic mass is 16.5. The molecule has 0 rings (SSSR count). The third kappa shape index (κ3) is 356. The molecule has 0 aliphatic heterocycles. The average molecular weight is 216 g/mol. The lowest BCUT2D eigenvalue weighted by atomic mass is 10.5. The first-order valence-electron chi connectivity index (χ1n) is 4.90. The minimum Gasteiger partial charge on any atom is -0.391 e. The summed E-state index contributed by atoms with van der Waals surface area (Å²) in [7, 11) is 1.56. The Labute approximate surface area is 96.0 Å². The van der Waals surface area contributed by atoms with Crippen LogP contribution in [0.5, 0.6) is 0 Å². The summed E-state index contributed by atoms with van der Waals surface area (Å²) in [4.78, 5) is 0. The Balaban J connectivity index is -0.0000000581. The molecule has 0 fully saturated rings. The van der Waals surface area contributed by atoms with E-state index in [4.69, 9.17) is 5.11 Å². The zero-order valence-electron chi connectivity index (χ0n) is 11.0. The fourth-order valence-corrected chi connectivity index (χ4v) is 0.241. The number of ether oxygens (including phenoxy) is 1. The largest absolute Gasteiger partial charge is 0.391 e. The number of aliphatic hydroxyl groups is 1. The Morgan fingerprint density at radius 2 is 1.27 bits per heavy atom. The second-order valence-corrected chi connectivity index (χ2v) is 2.53. The first kappa shape index (κ1) is 23.7. The molecule has 0 saturated heterocycles. The van der Waals surface area contributed by atoms with Crippen LogP contribution in [0, 0.1) is 0 Å². The van der Waals surface area contributed by atoms with Gasteiger partial charge in [-0.25, -0.2) is 0 Å². The molecular weight excluding hydrogens is 188 g/mol. The molecule has 0 aromatic heterocycles. The zero-order valence-corrected chi connectivity index (χ0v) is 11.0. The number of methoxy groups -OCH3 is 1. The van der Waals surface area contributed by atoms with Crippen LogP contribution < -0.4 is 0 Å². The number of rotatable bonds is 2. The van der Waals surface area contributed by atoms with Gasteiger partial charge >= 0.3 is 0 Å². The van der Waals surface area contributed by atoms with Crippen molar-refractivity contribution < 1.29 is 9.84 Å². The van der Waals surface area contributed by atoms with Crippen LogP contribution in [-0.4, -0.2) is 24.9 Å². The van der Waals surface area contributed by atoms with Gasteiger partial charge in [-0.3, -0.25) is 0 Å². The van der Waals surface area contributed by atoms with E-state index in [-0.39, 0.29) is 6.10 Å². The number of hydrogen-bond acceptors (Lipinski definition) is 2. The molecule has 2 heteroatoms. The normalized spacial score (nSPS) is 8.40.